The average molecular weight is 184 g/mol. The number of hydrogen-bond donors (Lipinski definition) is 2. The monoisotopic (exact) mass is 184 g/mol. The molecule has 0 amide bonds. The van der Waals surface area contributed by atoms with Crippen molar-refractivity contribution in [2.45, 2.75) is 0 Å². The fourth-order valence-corrected chi connectivity index (χ4v) is 0.670. The van der Waals surface area contributed by atoms with Gasteiger partial charge in [0.2, 0.25) is 11.6 Å². The van der Waals surface area contributed by atoms with Crippen LogP contribution >= 0.6 is 0 Å². The summed E-state index contributed by atoms with van der Waals surface area (Å²) in [5.41, 5.74) is -1.36. The third-order valence-corrected chi connectivity index (χ3v) is 1.31. The minimum absolute atomic E-state index is 0.218. The molecule has 0 fully saturated rings. The van der Waals surface area contributed by atoms with Crippen molar-refractivity contribution in [3.63, 3.8) is 0 Å². The number of carboxylic acids is 1. The second kappa shape index (κ2) is 3.21. The van der Waals surface area contributed by atoms with Crippen molar-refractivity contribution in [3.8, 4) is 0 Å². The molecule has 0 aliphatic rings. The maximum atomic E-state index is 11.0. The number of aromatic amines is 1. The Kier molecular flexibility index (Phi) is 2.27. The third-order valence-electron chi connectivity index (χ3n) is 1.31. The fraction of sp³-hybridized carbons (Fsp3) is 0.333. The van der Waals surface area contributed by atoms with Crippen molar-refractivity contribution in [2.75, 3.05) is 19.0 Å². The van der Waals surface area contributed by atoms with Crippen LogP contribution in [-0.2, 0) is 0 Å². The molecule has 1 heterocycles. The minimum atomic E-state index is -1.39. The highest BCUT2D eigenvalue weighted by molar-refractivity contribution is 5.84. The van der Waals surface area contributed by atoms with E-state index in [-0.39, 0.29) is 5.95 Å². The van der Waals surface area contributed by atoms with Gasteiger partial charge in [0.05, 0.1) is 0 Å². The molecule has 2 N–H and O–H groups in total. The van der Waals surface area contributed by atoms with Gasteiger partial charge in [0, 0.05) is 14.1 Å². The van der Waals surface area contributed by atoms with Gasteiger partial charge in [0.25, 0.3) is 5.56 Å². The van der Waals surface area contributed by atoms with E-state index in [1.807, 2.05) is 0 Å². The first-order chi connectivity index (χ1) is 6.02. The van der Waals surface area contributed by atoms with Crippen molar-refractivity contribution in [1.29, 1.82) is 0 Å². The molecule has 13 heavy (non-hydrogen) atoms. The number of carbonyl (C=O) groups is 1. The Labute approximate surface area is 73.0 Å². The van der Waals surface area contributed by atoms with E-state index in [0.29, 0.717) is 0 Å². The maximum Gasteiger partial charge on any atom is 0.362 e. The normalized spacial score (nSPS) is 9.69. The van der Waals surface area contributed by atoms with E-state index in [2.05, 4.69) is 15.2 Å². The van der Waals surface area contributed by atoms with Crippen molar-refractivity contribution in [1.82, 2.24) is 15.2 Å². The second-order valence-electron chi connectivity index (χ2n) is 2.53. The van der Waals surface area contributed by atoms with Crippen molar-refractivity contribution in [3.05, 3.63) is 16.0 Å². The standard InChI is InChI=1S/C6H8N4O3/c1-10(2)6-7-4(11)3(5(12)13)8-9-6/h1-2H3,(H,12,13)(H,7,9,11). The van der Waals surface area contributed by atoms with Crippen molar-refractivity contribution >= 4 is 11.9 Å². The highest BCUT2D eigenvalue weighted by atomic mass is 16.4. The van der Waals surface area contributed by atoms with Crippen LogP contribution in [0.15, 0.2) is 4.79 Å². The molecule has 0 aliphatic carbocycles. The molecular weight excluding hydrogens is 176 g/mol. The average Bonchev–Trinajstić information content (AvgIpc) is 2.03. The van der Waals surface area contributed by atoms with Crippen LogP contribution in [0.4, 0.5) is 5.95 Å². The molecule has 0 unspecified atom stereocenters. The first-order valence-corrected chi connectivity index (χ1v) is 3.40. The summed E-state index contributed by atoms with van der Waals surface area (Å²) in [5.74, 6) is -1.17. The zero-order chi connectivity index (χ0) is 10.0. The van der Waals surface area contributed by atoms with Gasteiger partial charge in [-0.2, -0.15) is 0 Å². The Morgan fingerprint density at radius 1 is 1.46 bits per heavy atom. The first kappa shape index (κ1) is 9.17. The number of nitrogens with zero attached hydrogens (tertiary/aromatic N) is 3. The Bertz CT molecular complexity index is 384. The van der Waals surface area contributed by atoms with E-state index < -0.39 is 17.2 Å². The molecule has 0 saturated heterocycles. The zero-order valence-corrected chi connectivity index (χ0v) is 7.11. The van der Waals surface area contributed by atoms with E-state index in [4.69, 9.17) is 5.11 Å². The Morgan fingerprint density at radius 3 is 2.46 bits per heavy atom. The highest BCUT2D eigenvalue weighted by Gasteiger charge is 2.12. The fourth-order valence-electron chi connectivity index (χ4n) is 0.670. The molecule has 0 aromatic carbocycles. The molecule has 7 nitrogen and oxygen atoms in total. The number of aromatic nitrogens is 3. The summed E-state index contributed by atoms with van der Waals surface area (Å²) in [6.07, 6.45) is 0. The largest absolute Gasteiger partial charge is 0.476 e. The number of nitrogens with one attached hydrogen (secondary N) is 1. The van der Waals surface area contributed by atoms with E-state index in [1.54, 1.807) is 14.1 Å². The Hall–Kier alpha value is -1.92. The SMILES string of the molecule is CN(C)c1nnc(C(=O)O)c(=O)[nH]1. The number of carboxylic acid groups (broad SMARTS) is 1. The summed E-state index contributed by atoms with van der Waals surface area (Å²) in [6, 6.07) is 0. The number of anilines is 1. The molecule has 1 rings (SSSR count). The molecular formula is C6H8N4O3. The molecule has 1 aromatic rings. The van der Waals surface area contributed by atoms with Crippen LogP contribution in [0.3, 0.4) is 0 Å². The molecule has 0 radical (unpaired) electrons. The van der Waals surface area contributed by atoms with Gasteiger partial charge in [-0.3, -0.25) is 9.78 Å². The van der Waals surface area contributed by atoms with Gasteiger partial charge in [-0.25, -0.2) is 4.79 Å². The van der Waals surface area contributed by atoms with Crippen LogP contribution in [0.1, 0.15) is 10.5 Å². The number of H-pyrrole nitrogens is 1. The quantitative estimate of drug-likeness (QED) is 0.607. The third kappa shape index (κ3) is 1.81. The van der Waals surface area contributed by atoms with Gasteiger partial charge >= 0.3 is 5.97 Å². The molecule has 7 heteroatoms. The number of aromatic carboxylic acids is 1. The summed E-state index contributed by atoms with van der Waals surface area (Å²) in [5, 5.41) is 15.2. The molecule has 0 atom stereocenters. The number of rotatable bonds is 2. The van der Waals surface area contributed by atoms with E-state index in [1.165, 1.54) is 4.90 Å². The van der Waals surface area contributed by atoms with Crippen LogP contribution in [0.25, 0.3) is 0 Å². The Balaban J connectivity index is 3.21. The number of hydrogen-bond acceptors (Lipinski definition) is 5. The smallest absolute Gasteiger partial charge is 0.362 e. The van der Waals surface area contributed by atoms with Gasteiger partial charge in [0.1, 0.15) is 0 Å². The lowest BCUT2D eigenvalue weighted by molar-refractivity contribution is 0.0687. The lowest BCUT2D eigenvalue weighted by atomic mass is 10.5. The Morgan fingerprint density at radius 2 is 2.08 bits per heavy atom. The van der Waals surface area contributed by atoms with Crippen LogP contribution < -0.4 is 10.5 Å². The van der Waals surface area contributed by atoms with Gasteiger partial charge in [-0.1, -0.05) is 0 Å². The predicted octanol–water partition coefficient (Wildman–Crippen LogP) is -1.07. The first-order valence-electron chi connectivity index (χ1n) is 3.40. The summed E-state index contributed by atoms with van der Waals surface area (Å²) >= 11 is 0. The van der Waals surface area contributed by atoms with Crippen LogP contribution in [0.2, 0.25) is 0 Å². The van der Waals surface area contributed by atoms with E-state index in [9.17, 15) is 9.59 Å². The van der Waals surface area contributed by atoms with Crippen LogP contribution in [0.5, 0.6) is 0 Å². The van der Waals surface area contributed by atoms with Crippen LogP contribution in [0, 0.1) is 0 Å². The topological polar surface area (TPSA) is 99.2 Å². The highest BCUT2D eigenvalue weighted by Crippen LogP contribution is 1.94. The van der Waals surface area contributed by atoms with Gasteiger partial charge < -0.3 is 10.0 Å². The summed E-state index contributed by atoms with van der Waals surface area (Å²) in [6.45, 7) is 0. The summed E-state index contributed by atoms with van der Waals surface area (Å²) in [7, 11) is 3.31. The van der Waals surface area contributed by atoms with Crippen molar-refractivity contribution in [2.24, 2.45) is 0 Å². The van der Waals surface area contributed by atoms with Gasteiger partial charge in [0.15, 0.2) is 0 Å². The maximum absolute atomic E-state index is 11.0. The van der Waals surface area contributed by atoms with Gasteiger partial charge in [-0.05, 0) is 0 Å². The minimum Gasteiger partial charge on any atom is -0.476 e. The summed E-state index contributed by atoms with van der Waals surface area (Å²) in [4.78, 5) is 25.2. The summed E-state index contributed by atoms with van der Waals surface area (Å²) < 4.78 is 0. The molecule has 0 aliphatic heterocycles. The van der Waals surface area contributed by atoms with Gasteiger partial charge in [-0.15, -0.1) is 10.2 Å². The lowest BCUT2D eigenvalue weighted by Gasteiger charge is -2.08. The van der Waals surface area contributed by atoms with Crippen molar-refractivity contribution < 1.29 is 9.90 Å². The molecule has 0 saturated carbocycles. The molecule has 1 aromatic heterocycles. The molecule has 0 bridgehead atoms. The predicted molar refractivity (Wildman–Crippen MR) is 43.9 cm³/mol. The zero-order valence-electron chi connectivity index (χ0n) is 7.11. The van der Waals surface area contributed by atoms with Crippen LogP contribution in [-0.4, -0.2) is 40.4 Å². The molecule has 0 spiro atoms. The molecule has 70 valence electrons. The van der Waals surface area contributed by atoms with E-state index in [0.717, 1.165) is 0 Å². The second-order valence-corrected chi connectivity index (χ2v) is 2.53. The van der Waals surface area contributed by atoms with E-state index >= 15 is 0 Å². The lowest BCUT2D eigenvalue weighted by Crippen LogP contribution is -2.25.